The maximum atomic E-state index is 5.78. The van der Waals surface area contributed by atoms with Gasteiger partial charge >= 0.3 is 0 Å². The summed E-state index contributed by atoms with van der Waals surface area (Å²) in [4.78, 5) is 4.52. The van der Waals surface area contributed by atoms with Gasteiger partial charge in [0.15, 0.2) is 0 Å². The minimum Gasteiger partial charge on any atom is -0.478 e. The molecule has 1 aromatic rings. The van der Waals surface area contributed by atoms with Crippen LogP contribution in [0.1, 0.15) is 57.2 Å². The van der Waals surface area contributed by atoms with Crippen molar-refractivity contribution in [1.29, 1.82) is 0 Å². The van der Waals surface area contributed by atoms with Gasteiger partial charge in [-0.2, -0.15) is 0 Å². The molecule has 0 atom stereocenters. The molecule has 19 heavy (non-hydrogen) atoms. The maximum absolute atomic E-state index is 5.78. The first-order valence-corrected chi connectivity index (χ1v) is 7.57. The highest BCUT2D eigenvalue weighted by Gasteiger charge is 2.02. The Balaban J connectivity index is 2.41. The fourth-order valence-electron chi connectivity index (χ4n) is 2.06. The minimum atomic E-state index is 0.778. The molecule has 108 valence electrons. The predicted octanol–water partition coefficient (Wildman–Crippen LogP) is 3.71. The van der Waals surface area contributed by atoms with Crippen molar-refractivity contribution in [3.63, 3.8) is 0 Å². The van der Waals surface area contributed by atoms with Crippen molar-refractivity contribution in [2.24, 2.45) is 0 Å². The maximum Gasteiger partial charge on any atom is 0.213 e. The average Bonchev–Trinajstić information content (AvgIpc) is 2.43. The number of hydrogen-bond acceptors (Lipinski definition) is 3. The Hall–Kier alpha value is -1.09. The summed E-state index contributed by atoms with van der Waals surface area (Å²) in [7, 11) is 1.96. The van der Waals surface area contributed by atoms with Crippen LogP contribution >= 0.6 is 0 Å². The molecule has 0 aliphatic heterocycles. The minimum absolute atomic E-state index is 0.778. The molecule has 0 saturated carbocycles. The van der Waals surface area contributed by atoms with E-state index in [1.165, 1.54) is 31.2 Å². The Morgan fingerprint density at radius 3 is 2.58 bits per heavy atom. The molecule has 3 heteroatoms. The molecule has 1 N–H and O–H groups in total. The van der Waals surface area contributed by atoms with Gasteiger partial charge < -0.3 is 10.1 Å². The summed E-state index contributed by atoms with van der Waals surface area (Å²) in [6.45, 7) is 6.01. The molecule has 0 saturated heterocycles. The zero-order chi connectivity index (χ0) is 13.9. The van der Waals surface area contributed by atoms with Gasteiger partial charge in [-0.25, -0.2) is 4.98 Å². The summed E-state index contributed by atoms with van der Waals surface area (Å²) < 4.78 is 5.78. The average molecular weight is 264 g/mol. The van der Waals surface area contributed by atoms with Gasteiger partial charge in [-0.3, -0.25) is 0 Å². The third kappa shape index (κ3) is 6.58. The van der Waals surface area contributed by atoms with E-state index in [9.17, 15) is 0 Å². The molecule has 0 radical (unpaired) electrons. The molecule has 0 bridgehead atoms. The molecule has 0 aliphatic rings. The molecule has 1 aromatic heterocycles. The highest BCUT2D eigenvalue weighted by molar-refractivity contribution is 5.25. The van der Waals surface area contributed by atoms with Crippen LogP contribution in [-0.2, 0) is 13.0 Å². The van der Waals surface area contributed by atoms with E-state index in [2.05, 4.69) is 30.2 Å². The van der Waals surface area contributed by atoms with Gasteiger partial charge in [0.2, 0.25) is 5.88 Å². The standard InChI is InChI=1S/C16H28N2O/c1-4-6-7-8-9-10-19-16-12-14(13-17-3)11-15(5-2)18-16/h11-12,17H,4-10,13H2,1-3H3. The molecule has 0 unspecified atom stereocenters. The van der Waals surface area contributed by atoms with Gasteiger partial charge in [-0.05, 0) is 31.5 Å². The van der Waals surface area contributed by atoms with Crippen molar-refractivity contribution < 1.29 is 4.74 Å². The van der Waals surface area contributed by atoms with Gasteiger partial charge in [0, 0.05) is 18.3 Å². The topological polar surface area (TPSA) is 34.1 Å². The van der Waals surface area contributed by atoms with Crippen LogP contribution < -0.4 is 10.1 Å². The van der Waals surface area contributed by atoms with Crippen molar-refractivity contribution in [3.05, 3.63) is 23.4 Å². The van der Waals surface area contributed by atoms with E-state index in [0.717, 1.165) is 37.6 Å². The third-order valence-electron chi connectivity index (χ3n) is 3.16. The number of pyridine rings is 1. The largest absolute Gasteiger partial charge is 0.478 e. The number of aryl methyl sites for hydroxylation is 1. The van der Waals surface area contributed by atoms with Gasteiger partial charge in [-0.1, -0.05) is 39.5 Å². The highest BCUT2D eigenvalue weighted by atomic mass is 16.5. The van der Waals surface area contributed by atoms with Gasteiger partial charge in [0.1, 0.15) is 0 Å². The van der Waals surface area contributed by atoms with Gasteiger partial charge in [0.05, 0.1) is 6.61 Å². The summed E-state index contributed by atoms with van der Waals surface area (Å²) in [5.74, 6) is 0.778. The van der Waals surface area contributed by atoms with Crippen LogP contribution in [0.4, 0.5) is 0 Å². The summed E-state index contributed by atoms with van der Waals surface area (Å²) in [5.41, 5.74) is 2.35. The molecule has 0 aliphatic carbocycles. The van der Waals surface area contributed by atoms with E-state index in [4.69, 9.17) is 4.74 Å². The van der Waals surface area contributed by atoms with Crippen LogP contribution in [0.5, 0.6) is 5.88 Å². The number of nitrogens with one attached hydrogen (secondary N) is 1. The monoisotopic (exact) mass is 264 g/mol. The van der Waals surface area contributed by atoms with E-state index in [-0.39, 0.29) is 0 Å². The van der Waals surface area contributed by atoms with E-state index >= 15 is 0 Å². The second-order valence-electron chi connectivity index (χ2n) is 4.95. The van der Waals surface area contributed by atoms with Crippen LogP contribution in [0.25, 0.3) is 0 Å². The molecule has 0 spiro atoms. The van der Waals surface area contributed by atoms with Crippen LogP contribution in [0.3, 0.4) is 0 Å². The Morgan fingerprint density at radius 1 is 1.11 bits per heavy atom. The molecule has 3 nitrogen and oxygen atoms in total. The summed E-state index contributed by atoms with van der Waals surface area (Å²) >= 11 is 0. The molecule has 1 heterocycles. The van der Waals surface area contributed by atoms with Crippen LogP contribution in [0.2, 0.25) is 0 Å². The normalized spacial score (nSPS) is 10.7. The zero-order valence-corrected chi connectivity index (χ0v) is 12.7. The predicted molar refractivity (Wildman–Crippen MR) is 80.6 cm³/mol. The number of ether oxygens (including phenoxy) is 1. The Morgan fingerprint density at radius 2 is 1.89 bits per heavy atom. The lowest BCUT2D eigenvalue weighted by atomic mass is 10.2. The Labute approximate surface area is 117 Å². The summed E-state index contributed by atoms with van der Waals surface area (Å²) in [6, 6.07) is 4.19. The van der Waals surface area contributed by atoms with Gasteiger partial charge in [0.25, 0.3) is 0 Å². The highest BCUT2D eigenvalue weighted by Crippen LogP contribution is 2.14. The molecule has 1 rings (SSSR count). The molecule has 0 amide bonds. The lowest BCUT2D eigenvalue weighted by Gasteiger charge is -2.09. The summed E-state index contributed by atoms with van der Waals surface area (Å²) in [6.07, 6.45) is 7.26. The van der Waals surface area contributed by atoms with E-state index in [1.54, 1.807) is 0 Å². The van der Waals surface area contributed by atoms with E-state index in [1.807, 2.05) is 13.1 Å². The second kappa shape index (κ2) is 9.79. The third-order valence-corrected chi connectivity index (χ3v) is 3.16. The number of unbranched alkanes of at least 4 members (excludes halogenated alkanes) is 4. The first-order chi connectivity index (χ1) is 9.30. The fraction of sp³-hybridized carbons (Fsp3) is 0.688. The van der Waals surface area contributed by atoms with Crippen molar-refractivity contribution in [1.82, 2.24) is 10.3 Å². The van der Waals surface area contributed by atoms with Crippen molar-refractivity contribution in [3.8, 4) is 5.88 Å². The smallest absolute Gasteiger partial charge is 0.213 e. The van der Waals surface area contributed by atoms with Crippen LogP contribution in [0.15, 0.2) is 12.1 Å². The molecular weight excluding hydrogens is 236 g/mol. The van der Waals surface area contributed by atoms with Crippen molar-refractivity contribution in [2.45, 2.75) is 58.9 Å². The second-order valence-corrected chi connectivity index (χ2v) is 4.95. The SMILES string of the molecule is CCCCCCCOc1cc(CNC)cc(CC)n1. The van der Waals surface area contributed by atoms with E-state index in [0.29, 0.717) is 0 Å². The number of nitrogens with zero attached hydrogens (tertiary/aromatic N) is 1. The zero-order valence-electron chi connectivity index (χ0n) is 12.7. The fourth-order valence-corrected chi connectivity index (χ4v) is 2.06. The number of aromatic nitrogens is 1. The summed E-state index contributed by atoms with van der Waals surface area (Å²) in [5, 5.41) is 3.17. The van der Waals surface area contributed by atoms with Crippen molar-refractivity contribution in [2.75, 3.05) is 13.7 Å². The number of rotatable bonds is 10. The Bertz CT molecular complexity index is 353. The molecule has 0 fully saturated rings. The van der Waals surface area contributed by atoms with Gasteiger partial charge in [-0.15, -0.1) is 0 Å². The number of hydrogen-bond donors (Lipinski definition) is 1. The lowest BCUT2D eigenvalue weighted by Crippen LogP contribution is -2.07. The first kappa shape index (κ1) is 16.0. The van der Waals surface area contributed by atoms with Crippen molar-refractivity contribution >= 4 is 0 Å². The van der Waals surface area contributed by atoms with Crippen LogP contribution in [-0.4, -0.2) is 18.6 Å². The quantitative estimate of drug-likeness (QED) is 0.654. The lowest BCUT2D eigenvalue weighted by molar-refractivity contribution is 0.292. The van der Waals surface area contributed by atoms with E-state index < -0.39 is 0 Å². The first-order valence-electron chi connectivity index (χ1n) is 7.57. The van der Waals surface area contributed by atoms with Crippen LogP contribution in [0, 0.1) is 0 Å². The molecular formula is C16H28N2O. The molecule has 0 aromatic carbocycles. The Kier molecular flexibility index (Phi) is 8.23.